The van der Waals surface area contributed by atoms with Crippen LogP contribution in [0.5, 0.6) is 0 Å². The SMILES string of the molecule is CC(=O)O[C@H]1CC[C@]2(C)[C@H]3CC[C@@]4(C)[C@@H](CC[C@@H]4[C@H](C)CCCC(C)C)[C@]3(C)C/C(=N/N=C3\SCC(=O)N3C3CCCC3)[C@H]2C1. The van der Waals surface area contributed by atoms with Crippen LogP contribution in [0.3, 0.4) is 0 Å². The van der Waals surface area contributed by atoms with Gasteiger partial charge in [-0.15, -0.1) is 5.10 Å². The van der Waals surface area contributed by atoms with Gasteiger partial charge >= 0.3 is 5.97 Å². The van der Waals surface area contributed by atoms with E-state index in [2.05, 4.69) is 41.5 Å². The topological polar surface area (TPSA) is 71.3 Å². The molecule has 0 aromatic carbocycles. The van der Waals surface area contributed by atoms with E-state index in [1.54, 1.807) is 18.7 Å². The van der Waals surface area contributed by atoms with Crippen LogP contribution in [0.25, 0.3) is 0 Å². The number of rotatable bonds is 8. The Labute approximate surface area is 277 Å². The second kappa shape index (κ2) is 12.9. The number of fused-ring (bicyclic) bond motifs is 5. The average Bonchev–Trinajstić information content (AvgIpc) is 3.70. The van der Waals surface area contributed by atoms with Crippen molar-refractivity contribution in [1.29, 1.82) is 0 Å². The molecular formula is C38H61N3O3S. The van der Waals surface area contributed by atoms with Crippen molar-refractivity contribution in [3.05, 3.63) is 0 Å². The molecule has 7 heteroatoms. The van der Waals surface area contributed by atoms with Gasteiger partial charge in [-0.3, -0.25) is 14.5 Å². The molecule has 6 fully saturated rings. The molecule has 0 spiro atoms. The van der Waals surface area contributed by atoms with E-state index in [4.69, 9.17) is 14.9 Å². The van der Waals surface area contributed by atoms with E-state index in [1.807, 2.05) is 4.90 Å². The Bertz CT molecular complexity index is 1190. The second-order valence-electron chi connectivity index (χ2n) is 17.3. The number of hydrogen-bond donors (Lipinski definition) is 0. The molecule has 6 aliphatic rings. The van der Waals surface area contributed by atoms with Gasteiger partial charge in [0.05, 0.1) is 5.75 Å². The van der Waals surface area contributed by atoms with Gasteiger partial charge in [0, 0.05) is 24.6 Å². The first-order chi connectivity index (χ1) is 21.4. The highest BCUT2D eigenvalue weighted by Crippen LogP contribution is 2.72. The lowest BCUT2D eigenvalue weighted by molar-refractivity contribution is -0.161. The average molecular weight is 640 g/mol. The third-order valence-electron chi connectivity index (χ3n) is 14.2. The van der Waals surface area contributed by atoms with Crippen molar-refractivity contribution in [1.82, 2.24) is 4.90 Å². The molecule has 252 valence electrons. The van der Waals surface area contributed by atoms with Gasteiger partial charge in [0.15, 0.2) is 5.17 Å². The molecule has 0 radical (unpaired) electrons. The molecule has 0 bridgehead atoms. The van der Waals surface area contributed by atoms with E-state index >= 15 is 0 Å². The molecule has 0 aromatic heterocycles. The maximum Gasteiger partial charge on any atom is 0.302 e. The monoisotopic (exact) mass is 639 g/mol. The van der Waals surface area contributed by atoms with Gasteiger partial charge < -0.3 is 4.74 Å². The van der Waals surface area contributed by atoms with Gasteiger partial charge in [-0.25, -0.2) is 0 Å². The Balaban J connectivity index is 1.32. The van der Waals surface area contributed by atoms with Gasteiger partial charge in [-0.1, -0.05) is 85.4 Å². The zero-order chi connectivity index (χ0) is 32.1. The van der Waals surface area contributed by atoms with E-state index in [0.717, 1.165) is 61.4 Å². The maximum atomic E-state index is 13.0. The summed E-state index contributed by atoms with van der Waals surface area (Å²) in [4.78, 5) is 27.0. The first kappa shape index (κ1) is 33.5. The van der Waals surface area contributed by atoms with Crippen molar-refractivity contribution in [2.45, 2.75) is 157 Å². The van der Waals surface area contributed by atoms with Crippen molar-refractivity contribution in [2.24, 2.45) is 62.0 Å². The molecule has 0 N–H and O–H groups in total. The number of thioether (sulfide) groups is 1. The maximum absolute atomic E-state index is 13.0. The van der Waals surface area contributed by atoms with Gasteiger partial charge in [-0.05, 0) is 110 Å². The zero-order valence-electron chi connectivity index (χ0n) is 29.4. The molecule has 5 saturated carbocycles. The number of hydrogen-bond acceptors (Lipinski definition) is 6. The standard InChI is InChI=1S/C38H61N3O3S/c1-24(2)11-10-12-25(3)29-15-16-32-36(29,5)20-18-33-37(6)19-17-28(44-26(4)42)21-30(37)31(22-38(32,33)7)39-40-35-41(34(43)23-45-35)27-13-8-9-14-27/h24-25,27-30,32-33H,8-23H2,1-7H3/b39-31-,40-35-/t25-,28+,29-,30-,32-,33-,36-,37+,38+/m1/s1. The van der Waals surface area contributed by atoms with Crippen molar-refractivity contribution < 1.29 is 14.3 Å². The molecular weight excluding hydrogens is 579 g/mol. The number of amides is 1. The summed E-state index contributed by atoms with van der Waals surface area (Å²) in [5.74, 6) is 4.47. The Hall–Kier alpha value is -1.37. The summed E-state index contributed by atoms with van der Waals surface area (Å²) in [7, 11) is 0. The summed E-state index contributed by atoms with van der Waals surface area (Å²) in [6.45, 7) is 16.7. The highest BCUT2D eigenvalue weighted by Gasteiger charge is 2.67. The number of carbonyl (C=O) groups excluding carboxylic acids is 2. The molecule has 5 aliphatic carbocycles. The molecule has 1 amide bonds. The van der Waals surface area contributed by atoms with Crippen LogP contribution < -0.4 is 0 Å². The lowest BCUT2D eigenvalue weighted by atomic mass is 9.39. The van der Waals surface area contributed by atoms with Crippen molar-refractivity contribution in [3.63, 3.8) is 0 Å². The highest BCUT2D eigenvalue weighted by atomic mass is 32.2. The van der Waals surface area contributed by atoms with E-state index in [0.29, 0.717) is 23.0 Å². The van der Waals surface area contributed by atoms with Crippen molar-refractivity contribution >= 4 is 34.5 Å². The Morgan fingerprint density at radius 2 is 1.64 bits per heavy atom. The van der Waals surface area contributed by atoms with Crippen LogP contribution in [0.2, 0.25) is 0 Å². The Morgan fingerprint density at radius 3 is 2.36 bits per heavy atom. The van der Waals surface area contributed by atoms with Crippen LogP contribution in [0.4, 0.5) is 0 Å². The second-order valence-corrected chi connectivity index (χ2v) is 18.3. The number of esters is 1. The van der Waals surface area contributed by atoms with Crippen LogP contribution in [0, 0.1) is 51.8 Å². The summed E-state index contributed by atoms with van der Waals surface area (Å²) < 4.78 is 5.86. The largest absolute Gasteiger partial charge is 0.463 e. The molecule has 6 rings (SSSR count). The fourth-order valence-corrected chi connectivity index (χ4v) is 13.2. The first-order valence-electron chi connectivity index (χ1n) is 18.6. The third-order valence-corrected chi connectivity index (χ3v) is 15.2. The van der Waals surface area contributed by atoms with Gasteiger partial charge in [0.2, 0.25) is 5.91 Å². The summed E-state index contributed by atoms with van der Waals surface area (Å²) in [6, 6.07) is 0.282. The normalized spacial score (nSPS) is 42.7. The molecule has 1 saturated heterocycles. The van der Waals surface area contributed by atoms with E-state index < -0.39 is 0 Å². The fraction of sp³-hybridized carbons (Fsp3) is 0.895. The Kier molecular flexibility index (Phi) is 9.62. The minimum Gasteiger partial charge on any atom is -0.463 e. The molecule has 45 heavy (non-hydrogen) atoms. The van der Waals surface area contributed by atoms with Crippen LogP contribution >= 0.6 is 11.8 Å². The lowest BCUT2D eigenvalue weighted by Crippen LogP contribution is -2.62. The smallest absolute Gasteiger partial charge is 0.302 e. The van der Waals surface area contributed by atoms with E-state index in [9.17, 15) is 9.59 Å². The molecule has 1 aliphatic heterocycles. The van der Waals surface area contributed by atoms with Crippen molar-refractivity contribution in [2.75, 3.05) is 5.75 Å². The molecule has 6 nitrogen and oxygen atoms in total. The summed E-state index contributed by atoms with van der Waals surface area (Å²) in [5, 5.41) is 11.0. The summed E-state index contributed by atoms with van der Waals surface area (Å²) >= 11 is 1.57. The quantitative estimate of drug-likeness (QED) is 0.196. The van der Waals surface area contributed by atoms with Crippen LogP contribution in [-0.2, 0) is 14.3 Å². The van der Waals surface area contributed by atoms with E-state index in [1.165, 1.54) is 63.5 Å². The fourth-order valence-electron chi connectivity index (χ4n) is 12.3. The summed E-state index contributed by atoms with van der Waals surface area (Å²) in [5.41, 5.74) is 1.89. The van der Waals surface area contributed by atoms with Gasteiger partial charge in [0.1, 0.15) is 6.10 Å². The highest BCUT2D eigenvalue weighted by molar-refractivity contribution is 8.15. The number of nitrogens with zero attached hydrogens (tertiary/aromatic N) is 3. The van der Waals surface area contributed by atoms with Crippen LogP contribution in [0.15, 0.2) is 10.2 Å². The molecule has 1 heterocycles. The Morgan fingerprint density at radius 1 is 0.933 bits per heavy atom. The van der Waals surface area contributed by atoms with E-state index in [-0.39, 0.29) is 40.8 Å². The van der Waals surface area contributed by atoms with Gasteiger partial charge in [0.25, 0.3) is 0 Å². The number of carbonyl (C=O) groups is 2. The van der Waals surface area contributed by atoms with Gasteiger partial charge in [-0.2, -0.15) is 5.10 Å². The molecule has 0 unspecified atom stereocenters. The minimum atomic E-state index is -0.177. The molecule has 9 atom stereocenters. The predicted octanol–water partition coefficient (Wildman–Crippen LogP) is 9.27. The van der Waals surface area contributed by atoms with Crippen molar-refractivity contribution in [3.8, 4) is 0 Å². The van der Waals surface area contributed by atoms with Crippen LogP contribution in [-0.4, -0.2) is 45.6 Å². The van der Waals surface area contributed by atoms with Crippen LogP contribution in [0.1, 0.15) is 145 Å². The predicted molar refractivity (Wildman–Crippen MR) is 185 cm³/mol. The summed E-state index contributed by atoms with van der Waals surface area (Å²) in [6.07, 6.45) is 17.7. The zero-order valence-corrected chi connectivity index (χ0v) is 30.2. The third kappa shape index (κ3) is 6.07. The number of ether oxygens (including phenoxy) is 1. The lowest BCUT2D eigenvalue weighted by Gasteiger charge is -2.66. The minimum absolute atomic E-state index is 0.0448. The number of amidine groups is 1. The molecule has 0 aromatic rings. The first-order valence-corrected chi connectivity index (χ1v) is 19.6.